The quantitative estimate of drug-likeness (QED) is 0.759. The van der Waals surface area contributed by atoms with Crippen molar-refractivity contribution in [2.45, 2.75) is 71.4 Å². The smallest absolute Gasteiger partial charge is 0.232 e. The van der Waals surface area contributed by atoms with Gasteiger partial charge >= 0.3 is 0 Å². The molecule has 1 unspecified atom stereocenters. The van der Waals surface area contributed by atoms with Gasteiger partial charge in [-0.15, -0.1) is 11.3 Å². The predicted molar refractivity (Wildman–Crippen MR) is 102 cm³/mol. The van der Waals surface area contributed by atoms with E-state index in [0.29, 0.717) is 5.91 Å². The van der Waals surface area contributed by atoms with Gasteiger partial charge in [-0.2, -0.15) is 0 Å². The largest absolute Gasteiger partial charge is 0.342 e. The molecule has 142 valence electrons. The Balaban J connectivity index is 1.54. The van der Waals surface area contributed by atoms with Gasteiger partial charge in [0.25, 0.3) is 0 Å². The molecular formula is C20H29N3O2S. The van der Waals surface area contributed by atoms with Crippen LogP contribution in [-0.2, 0) is 9.59 Å². The number of rotatable bonds is 3. The molecule has 1 aromatic rings. The first-order valence-corrected chi connectivity index (χ1v) is 10.8. The van der Waals surface area contributed by atoms with Crippen LogP contribution in [0.4, 0.5) is 0 Å². The molecule has 3 heterocycles. The molecular weight excluding hydrogens is 346 g/mol. The van der Waals surface area contributed by atoms with Crippen molar-refractivity contribution in [1.29, 1.82) is 0 Å². The number of nitrogens with zero attached hydrogens (tertiary/aromatic N) is 3. The minimum atomic E-state index is -0.165. The van der Waals surface area contributed by atoms with Crippen molar-refractivity contribution in [3.8, 4) is 0 Å². The second-order valence-corrected chi connectivity index (χ2v) is 9.38. The molecule has 1 atom stereocenters. The number of aryl methyl sites for hydroxylation is 1. The molecule has 4 rings (SSSR count). The molecule has 1 aliphatic carbocycles. The molecule has 26 heavy (non-hydrogen) atoms. The van der Waals surface area contributed by atoms with Crippen LogP contribution in [-0.4, -0.2) is 45.7 Å². The van der Waals surface area contributed by atoms with Crippen LogP contribution in [0.1, 0.15) is 69.0 Å². The van der Waals surface area contributed by atoms with E-state index in [9.17, 15) is 9.59 Å². The van der Waals surface area contributed by atoms with Gasteiger partial charge in [-0.1, -0.05) is 26.7 Å². The fraction of sp³-hybridized carbons (Fsp3) is 0.750. The first-order valence-electron chi connectivity index (χ1n) is 9.97. The number of piperidine rings is 1. The van der Waals surface area contributed by atoms with Crippen molar-refractivity contribution in [2.24, 2.45) is 11.3 Å². The van der Waals surface area contributed by atoms with Crippen molar-refractivity contribution in [3.63, 3.8) is 0 Å². The van der Waals surface area contributed by atoms with E-state index in [1.807, 2.05) is 24.3 Å². The van der Waals surface area contributed by atoms with Gasteiger partial charge in [0.15, 0.2) is 0 Å². The zero-order chi connectivity index (χ0) is 18.5. The van der Waals surface area contributed by atoms with Crippen LogP contribution >= 0.6 is 11.3 Å². The van der Waals surface area contributed by atoms with Gasteiger partial charge in [0, 0.05) is 25.0 Å². The number of likely N-dealkylation sites (tertiary alicyclic amines) is 2. The fourth-order valence-corrected chi connectivity index (χ4v) is 6.26. The molecule has 6 heteroatoms. The number of aromatic nitrogens is 1. The minimum Gasteiger partial charge on any atom is -0.342 e. The van der Waals surface area contributed by atoms with E-state index >= 15 is 0 Å². The number of hydrogen-bond donors (Lipinski definition) is 0. The third-order valence-electron chi connectivity index (χ3n) is 6.65. The molecule has 1 spiro atoms. The molecule has 1 saturated carbocycles. The Hall–Kier alpha value is -1.43. The fourth-order valence-electron chi connectivity index (χ4n) is 5.24. The highest BCUT2D eigenvalue weighted by atomic mass is 32.1. The number of carbonyl (C=O) groups excluding carboxylic acids is 2. The molecule has 2 amide bonds. The lowest BCUT2D eigenvalue weighted by Crippen LogP contribution is -2.66. The molecule has 0 N–H and O–H groups in total. The van der Waals surface area contributed by atoms with E-state index in [4.69, 9.17) is 0 Å². The number of amides is 2. The van der Waals surface area contributed by atoms with Gasteiger partial charge in [-0.05, 0) is 32.6 Å². The second-order valence-electron chi connectivity index (χ2n) is 8.49. The number of carbonyl (C=O) groups is 2. The summed E-state index contributed by atoms with van der Waals surface area (Å²) in [5.41, 5.74) is 2.83. The van der Waals surface area contributed by atoms with Gasteiger partial charge in [0.05, 0.1) is 27.5 Å². The van der Waals surface area contributed by atoms with E-state index in [1.54, 1.807) is 11.3 Å². The summed E-state index contributed by atoms with van der Waals surface area (Å²) in [4.78, 5) is 35.4. The lowest BCUT2D eigenvalue weighted by atomic mass is 9.67. The average Bonchev–Trinajstić information content (AvgIpc) is 3.29. The summed E-state index contributed by atoms with van der Waals surface area (Å²) < 4.78 is 0. The zero-order valence-electron chi connectivity index (χ0n) is 16.0. The summed E-state index contributed by atoms with van der Waals surface area (Å²) in [6.07, 6.45) is 6.16. The lowest BCUT2D eigenvalue weighted by molar-refractivity contribution is -0.180. The number of thiazole rings is 1. The van der Waals surface area contributed by atoms with Gasteiger partial charge in [0.2, 0.25) is 11.8 Å². The molecule has 3 aliphatic rings. The van der Waals surface area contributed by atoms with Crippen LogP contribution in [0.15, 0.2) is 5.51 Å². The zero-order valence-corrected chi connectivity index (χ0v) is 16.8. The molecule has 0 radical (unpaired) electrons. The Labute approximate surface area is 159 Å². The summed E-state index contributed by atoms with van der Waals surface area (Å²) in [5.74, 6) is 0.647. The second kappa shape index (κ2) is 6.63. The predicted octanol–water partition coefficient (Wildman–Crippen LogP) is 3.54. The SMILES string of the molecule is Cc1ncsc1C1N(C2CCN(C(=O)C(C)C)CC2)C(=O)C12CCCC2. The maximum Gasteiger partial charge on any atom is 0.232 e. The summed E-state index contributed by atoms with van der Waals surface area (Å²) in [5, 5.41) is 0. The topological polar surface area (TPSA) is 53.5 Å². The van der Waals surface area contributed by atoms with Crippen LogP contribution in [0.2, 0.25) is 0 Å². The van der Waals surface area contributed by atoms with Crippen molar-refractivity contribution in [1.82, 2.24) is 14.8 Å². The highest BCUT2D eigenvalue weighted by molar-refractivity contribution is 7.09. The Bertz CT molecular complexity index is 700. The van der Waals surface area contributed by atoms with Crippen LogP contribution in [0, 0.1) is 18.3 Å². The third kappa shape index (κ3) is 2.60. The summed E-state index contributed by atoms with van der Waals surface area (Å²) in [6, 6.07) is 0.471. The van der Waals surface area contributed by atoms with E-state index < -0.39 is 0 Å². The van der Waals surface area contributed by atoms with Crippen molar-refractivity contribution in [3.05, 3.63) is 16.1 Å². The third-order valence-corrected chi connectivity index (χ3v) is 7.64. The molecule has 1 aromatic heterocycles. The molecule has 2 saturated heterocycles. The summed E-state index contributed by atoms with van der Waals surface area (Å²) in [7, 11) is 0. The Morgan fingerprint density at radius 2 is 1.92 bits per heavy atom. The minimum absolute atomic E-state index is 0.0477. The van der Waals surface area contributed by atoms with Crippen LogP contribution in [0.3, 0.4) is 0 Å². The Morgan fingerprint density at radius 1 is 1.27 bits per heavy atom. The normalized spacial score (nSPS) is 26.0. The molecule has 0 bridgehead atoms. The van der Waals surface area contributed by atoms with Crippen molar-refractivity contribution >= 4 is 23.2 Å². The van der Waals surface area contributed by atoms with E-state index in [1.165, 1.54) is 4.88 Å². The van der Waals surface area contributed by atoms with Gasteiger partial charge in [-0.3, -0.25) is 9.59 Å². The Kier molecular flexibility index (Phi) is 4.58. The average molecular weight is 376 g/mol. The number of hydrogen-bond acceptors (Lipinski definition) is 4. The van der Waals surface area contributed by atoms with Crippen LogP contribution < -0.4 is 0 Å². The van der Waals surface area contributed by atoms with E-state index in [2.05, 4.69) is 16.8 Å². The first-order chi connectivity index (χ1) is 12.5. The molecule has 3 fully saturated rings. The van der Waals surface area contributed by atoms with E-state index in [0.717, 1.165) is 57.3 Å². The monoisotopic (exact) mass is 375 g/mol. The summed E-state index contributed by atoms with van der Waals surface area (Å²) in [6.45, 7) is 7.53. The maximum atomic E-state index is 13.3. The summed E-state index contributed by atoms with van der Waals surface area (Å²) >= 11 is 1.70. The molecule has 2 aliphatic heterocycles. The van der Waals surface area contributed by atoms with Crippen LogP contribution in [0.25, 0.3) is 0 Å². The molecule has 0 aromatic carbocycles. The van der Waals surface area contributed by atoms with Gasteiger partial charge in [0.1, 0.15) is 0 Å². The van der Waals surface area contributed by atoms with Gasteiger partial charge in [-0.25, -0.2) is 4.98 Å². The highest BCUT2D eigenvalue weighted by Gasteiger charge is 2.64. The van der Waals surface area contributed by atoms with Crippen molar-refractivity contribution in [2.75, 3.05) is 13.1 Å². The maximum absolute atomic E-state index is 13.3. The van der Waals surface area contributed by atoms with Crippen LogP contribution in [0.5, 0.6) is 0 Å². The first kappa shape index (κ1) is 18.0. The van der Waals surface area contributed by atoms with E-state index in [-0.39, 0.29) is 29.3 Å². The Morgan fingerprint density at radius 3 is 2.46 bits per heavy atom. The number of β-lactam (4-membered cyclic amide) rings is 1. The molecule has 5 nitrogen and oxygen atoms in total. The van der Waals surface area contributed by atoms with Crippen molar-refractivity contribution < 1.29 is 9.59 Å². The standard InChI is InChI=1S/C20H29N3O2S/c1-13(2)18(24)22-10-6-15(7-11-22)23-17(16-14(3)21-12-26-16)20(19(23)25)8-4-5-9-20/h12-13,15,17H,4-11H2,1-3H3. The highest BCUT2D eigenvalue weighted by Crippen LogP contribution is 2.61. The van der Waals surface area contributed by atoms with Gasteiger partial charge < -0.3 is 9.80 Å². The lowest BCUT2D eigenvalue weighted by Gasteiger charge is -2.58.